The summed E-state index contributed by atoms with van der Waals surface area (Å²) in [6, 6.07) is 7.97. The minimum Gasteiger partial charge on any atom is -0.494 e. The van der Waals surface area contributed by atoms with Crippen molar-refractivity contribution in [3.05, 3.63) is 29.8 Å². The molecule has 0 atom stereocenters. The maximum atomic E-state index is 10.9. The van der Waals surface area contributed by atoms with E-state index in [0.717, 1.165) is 12.2 Å². The van der Waals surface area contributed by atoms with Crippen molar-refractivity contribution in [2.45, 2.75) is 19.8 Å². The van der Waals surface area contributed by atoms with Crippen LogP contribution in [0, 0.1) is 6.92 Å². The monoisotopic (exact) mass is 251 g/mol. The SMILES string of the molecule is CNC(=O)CCOCCCOc1ccc(C)cc1. The molecule has 18 heavy (non-hydrogen) atoms. The van der Waals surface area contributed by atoms with Gasteiger partial charge in [-0.15, -0.1) is 0 Å². The van der Waals surface area contributed by atoms with Gasteiger partial charge in [0.25, 0.3) is 0 Å². The van der Waals surface area contributed by atoms with Gasteiger partial charge in [0.1, 0.15) is 5.75 Å². The Morgan fingerprint density at radius 2 is 1.89 bits per heavy atom. The molecule has 0 spiro atoms. The highest BCUT2D eigenvalue weighted by Gasteiger charge is 1.97. The average molecular weight is 251 g/mol. The molecule has 1 aromatic carbocycles. The number of hydrogen-bond donors (Lipinski definition) is 1. The van der Waals surface area contributed by atoms with E-state index < -0.39 is 0 Å². The summed E-state index contributed by atoms with van der Waals surface area (Å²) in [7, 11) is 1.62. The molecule has 0 aromatic heterocycles. The summed E-state index contributed by atoms with van der Waals surface area (Å²) >= 11 is 0. The third kappa shape index (κ3) is 6.25. The van der Waals surface area contributed by atoms with Crippen LogP contribution in [0.3, 0.4) is 0 Å². The molecule has 0 aliphatic heterocycles. The molecule has 1 N–H and O–H groups in total. The van der Waals surface area contributed by atoms with Crippen LogP contribution in [0.2, 0.25) is 0 Å². The predicted molar refractivity (Wildman–Crippen MR) is 70.8 cm³/mol. The highest BCUT2D eigenvalue weighted by Crippen LogP contribution is 2.11. The van der Waals surface area contributed by atoms with E-state index >= 15 is 0 Å². The van der Waals surface area contributed by atoms with Crippen LogP contribution in [0.25, 0.3) is 0 Å². The Morgan fingerprint density at radius 3 is 2.56 bits per heavy atom. The molecule has 0 aliphatic rings. The maximum Gasteiger partial charge on any atom is 0.222 e. The minimum atomic E-state index is 0.00547. The molecule has 0 bridgehead atoms. The smallest absolute Gasteiger partial charge is 0.222 e. The van der Waals surface area contributed by atoms with Gasteiger partial charge < -0.3 is 14.8 Å². The van der Waals surface area contributed by atoms with Crippen molar-refractivity contribution in [3.8, 4) is 5.75 Å². The van der Waals surface area contributed by atoms with Gasteiger partial charge >= 0.3 is 0 Å². The van der Waals surface area contributed by atoms with Crippen LogP contribution >= 0.6 is 0 Å². The van der Waals surface area contributed by atoms with E-state index in [-0.39, 0.29) is 5.91 Å². The number of rotatable bonds is 8. The van der Waals surface area contributed by atoms with E-state index in [9.17, 15) is 4.79 Å². The Kier molecular flexibility index (Phi) is 6.87. The largest absolute Gasteiger partial charge is 0.494 e. The second-order valence-corrected chi connectivity index (χ2v) is 4.05. The van der Waals surface area contributed by atoms with E-state index in [2.05, 4.69) is 5.32 Å². The minimum absolute atomic E-state index is 0.00547. The van der Waals surface area contributed by atoms with Crippen LogP contribution in [0.15, 0.2) is 24.3 Å². The molecule has 0 unspecified atom stereocenters. The van der Waals surface area contributed by atoms with E-state index in [1.807, 2.05) is 31.2 Å². The Balaban J connectivity index is 1.99. The fourth-order valence-corrected chi connectivity index (χ4v) is 1.38. The van der Waals surface area contributed by atoms with Gasteiger partial charge in [0.15, 0.2) is 0 Å². The van der Waals surface area contributed by atoms with Gasteiger partial charge in [-0.2, -0.15) is 0 Å². The van der Waals surface area contributed by atoms with Gasteiger partial charge in [-0.1, -0.05) is 17.7 Å². The Bertz CT molecular complexity index is 349. The van der Waals surface area contributed by atoms with E-state index in [1.54, 1.807) is 7.05 Å². The lowest BCUT2D eigenvalue weighted by Gasteiger charge is -2.07. The summed E-state index contributed by atoms with van der Waals surface area (Å²) in [5, 5.41) is 2.55. The van der Waals surface area contributed by atoms with Crippen LogP contribution in [0.5, 0.6) is 5.75 Å². The average Bonchev–Trinajstić information content (AvgIpc) is 2.39. The summed E-state index contributed by atoms with van der Waals surface area (Å²) in [5.41, 5.74) is 1.22. The normalized spacial score (nSPS) is 10.1. The molecule has 0 radical (unpaired) electrons. The van der Waals surface area contributed by atoms with Gasteiger partial charge in [-0.05, 0) is 19.1 Å². The Labute approximate surface area is 108 Å². The van der Waals surface area contributed by atoms with Crippen molar-refractivity contribution in [3.63, 3.8) is 0 Å². The highest BCUT2D eigenvalue weighted by molar-refractivity contribution is 5.75. The number of benzene rings is 1. The number of nitrogens with one attached hydrogen (secondary N) is 1. The molecule has 4 heteroatoms. The summed E-state index contributed by atoms with van der Waals surface area (Å²) in [6.07, 6.45) is 1.23. The van der Waals surface area contributed by atoms with Crippen molar-refractivity contribution in [1.29, 1.82) is 0 Å². The quantitative estimate of drug-likeness (QED) is 0.718. The first kappa shape index (κ1) is 14.5. The first-order valence-corrected chi connectivity index (χ1v) is 6.20. The molecule has 0 fully saturated rings. The van der Waals surface area contributed by atoms with Crippen LogP contribution < -0.4 is 10.1 Å². The van der Waals surface area contributed by atoms with Crippen LogP contribution in [0.1, 0.15) is 18.4 Å². The number of amides is 1. The van der Waals surface area contributed by atoms with Crippen LogP contribution in [0.4, 0.5) is 0 Å². The number of hydrogen-bond acceptors (Lipinski definition) is 3. The summed E-state index contributed by atoms with van der Waals surface area (Å²) < 4.78 is 10.9. The zero-order chi connectivity index (χ0) is 13.2. The summed E-state index contributed by atoms with van der Waals surface area (Å²) in [6.45, 7) is 3.75. The third-order valence-corrected chi connectivity index (χ3v) is 2.48. The molecule has 0 heterocycles. The molecule has 0 aliphatic carbocycles. The second kappa shape index (κ2) is 8.53. The molecule has 0 saturated heterocycles. The number of carbonyl (C=O) groups excluding carboxylic acids is 1. The molecular weight excluding hydrogens is 230 g/mol. The van der Waals surface area contributed by atoms with Gasteiger partial charge in [-0.25, -0.2) is 0 Å². The number of carbonyl (C=O) groups is 1. The van der Waals surface area contributed by atoms with E-state index in [0.29, 0.717) is 26.2 Å². The van der Waals surface area contributed by atoms with Crippen LogP contribution in [-0.2, 0) is 9.53 Å². The third-order valence-electron chi connectivity index (χ3n) is 2.48. The summed E-state index contributed by atoms with van der Waals surface area (Å²) in [5.74, 6) is 0.886. The van der Waals surface area contributed by atoms with Crippen molar-refractivity contribution in [1.82, 2.24) is 5.32 Å². The maximum absolute atomic E-state index is 10.9. The molecule has 1 amide bonds. The molecule has 0 saturated carbocycles. The molecule has 100 valence electrons. The van der Waals surface area contributed by atoms with E-state index in [1.165, 1.54) is 5.56 Å². The molecular formula is C14H21NO3. The van der Waals surface area contributed by atoms with Gasteiger partial charge in [0.05, 0.1) is 13.2 Å². The standard InChI is InChI=1S/C14H21NO3/c1-12-4-6-13(7-5-12)18-10-3-9-17-11-8-14(16)15-2/h4-7H,3,8-11H2,1-2H3,(H,15,16). The van der Waals surface area contributed by atoms with Crippen LogP contribution in [-0.4, -0.2) is 32.8 Å². The summed E-state index contributed by atoms with van der Waals surface area (Å²) in [4.78, 5) is 10.9. The topological polar surface area (TPSA) is 47.6 Å². The fourth-order valence-electron chi connectivity index (χ4n) is 1.38. The second-order valence-electron chi connectivity index (χ2n) is 4.05. The van der Waals surface area contributed by atoms with Crippen molar-refractivity contribution < 1.29 is 14.3 Å². The molecule has 4 nitrogen and oxygen atoms in total. The zero-order valence-electron chi connectivity index (χ0n) is 11.1. The molecule has 1 aromatic rings. The van der Waals surface area contributed by atoms with Gasteiger partial charge in [0, 0.05) is 26.5 Å². The lowest BCUT2D eigenvalue weighted by molar-refractivity contribution is -0.121. The Morgan fingerprint density at radius 1 is 1.17 bits per heavy atom. The first-order valence-electron chi connectivity index (χ1n) is 6.20. The van der Waals surface area contributed by atoms with E-state index in [4.69, 9.17) is 9.47 Å². The lowest BCUT2D eigenvalue weighted by atomic mass is 10.2. The van der Waals surface area contributed by atoms with Crippen molar-refractivity contribution >= 4 is 5.91 Å². The first-order chi connectivity index (χ1) is 8.72. The Hall–Kier alpha value is -1.55. The zero-order valence-corrected chi connectivity index (χ0v) is 11.1. The van der Waals surface area contributed by atoms with Crippen molar-refractivity contribution in [2.24, 2.45) is 0 Å². The molecule has 1 rings (SSSR count). The lowest BCUT2D eigenvalue weighted by Crippen LogP contribution is -2.19. The fraction of sp³-hybridized carbons (Fsp3) is 0.500. The van der Waals surface area contributed by atoms with Gasteiger partial charge in [-0.3, -0.25) is 4.79 Å². The van der Waals surface area contributed by atoms with Gasteiger partial charge in [0.2, 0.25) is 5.91 Å². The predicted octanol–water partition coefficient (Wildman–Crippen LogP) is 1.92. The van der Waals surface area contributed by atoms with Crippen molar-refractivity contribution in [2.75, 3.05) is 26.9 Å². The number of ether oxygens (including phenoxy) is 2. The number of aryl methyl sites for hydroxylation is 1. The highest BCUT2D eigenvalue weighted by atomic mass is 16.5.